The Kier molecular flexibility index (Phi) is 7.39. The molecule has 8 heteroatoms. The van der Waals surface area contributed by atoms with Crippen LogP contribution in [0.25, 0.3) is 0 Å². The first-order valence-corrected chi connectivity index (χ1v) is 8.12. The summed E-state index contributed by atoms with van der Waals surface area (Å²) in [6.45, 7) is 2.67. The van der Waals surface area contributed by atoms with Crippen molar-refractivity contribution in [2.45, 2.75) is 12.5 Å². The summed E-state index contributed by atoms with van der Waals surface area (Å²) in [5.41, 5.74) is 0.520. The summed E-state index contributed by atoms with van der Waals surface area (Å²) < 4.78 is 19.5. The number of nitrogens with zero attached hydrogens (tertiary/aromatic N) is 1. The van der Waals surface area contributed by atoms with E-state index in [2.05, 4.69) is 10.2 Å². The van der Waals surface area contributed by atoms with Gasteiger partial charge in [-0.25, -0.2) is 4.39 Å². The molecule has 1 N–H and O–H groups in total. The van der Waals surface area contributed by atoms with Crippen LogP contribution in [0, 0.1) is 17.7 Å². The molecular weight excluding hydrogens is 338 g/mol. The molecule has 2 fully saturated rings. The molecule has 1 amide bonds. The van der Waals surface area contributed by atoms with Crippen LogP contribution in [-0.4, -0.2) is 49.6 Å². The number of nitrogens with one attached hydrogen (secondary N) is 1. The van der Waals surface area contributed by atoms with Crippen LogP contribution in [0.4, 0.5) is 4.39 Å². The molecular formula is C17H20FN2NaO4. The van der Waals surface area contributed by atoms with E-state index in [1.54, 1.807) is 18.2 Å². The van der Waals surface area contributed by atoms with Gasteiger partial charge in [-0.3, -0.25) is 9.69 Å². The van der Waals surface area contributed by atoms with E-state index >= 15 is 0 Å². The molecule has 1 saturated heterocycles. The van der Waals surface area contributed by atoms with Crippen LogP contribution in [-0.2, 0) is 14.3 Å². The SMILES string of the molecule is O=C(NCC(c1ccccc1F)N1CCOCC1)[C@H]1C[C@H]1C(=O)[O-].[Na+]. The van der Waals surface area contributed by atoms with Crippen molar-refractivity contribution >= 4 is 11.9 Å². The predicted molar refractivity (Wildman–Crippen MR) is 81.1 cm³/mol. The molecule has 1 aromatic carbocycles. The fourth-order valence-corrected chi connectivity index (χ4v) is 3.14. The maximum Gasteiger partial charge on any atom is 1.00 e. The molecule has 130 valence electrons. The van der Waals surface area contributed by atoms with E-state index in [0.717, 1.165) is 0 Å². The monoisotopic (exact) mass is 358 g/mol. The molecule has 6 nitrogen and oxygen atoms in total. The molecule has 2 aliphatic rings. The third-order valence-electron chi connectivity index (χ3n) is 4.65. The van der Waals surface area contributed by atoms with Gasteiger partial charge in [-0.15, -0.1) is 0 Å². The summed E-state index contributed by atoms with van der Waals surface area (Å²) in [6.07, 6.45) is 0.316. The fourth-order valence-electron chi connectivity index (χ4n) is 3.14. The van der Waals surface area contributed by atoms with Gasteiger partial charge in [0.15, 0.2) is 0 Å². The molecule has 0 bridgehead atoms. The second-order valence-corrected chi connectivity index (χ2v) is 6.20. The van der Waals surface area contributed by atoms with Crippen molar-refractivity contribution in [3.8, 4) is 0 Å². The third kappa shape index (κ3) is 5.01. The van der Waals surface area contributed by atoms with Crippen molar-refractivity contribution in [1.29, 1.82) is 0 Å². The zero-order valence-corrected chi connectivity index (χ0v) is 16.2. The van der Waals surface area contributed by atoms with Crippen LogP contribution in [0.3, 0.4) is 0 Å². The number of hydrogen-bond donors (Lipinski definition) is 1. The van der Waals surface area contributed by atoms with E-state index in [0.29, 0.717) is 38.3 Å². The number of ether oxygens (including phenoxy) is 1. The summed E-state index contributed by atoms with van der Waals surface area (Å²) in [6, 6.07) is 6.20. The molecule has 3 atom stereocenters. The second-order valence-electron chi connectivity index (χ2n) is 6.20. The van der Waals surface area contributed by atoms with Crippen molar-refractivity contribution in [2.75, 3.05) is 32.8 Å². The Bertz CT molecular complexity index is 624. The van der Waals surface area contributed by atoms with Crippen molar-refractivity contribution < 1.29 is 53.4 Å². The zero-order chi connectivity index (χ0) is 17.1. The van der Waals surface area contributed by atoms with E-state index in [9.17, 15) is 19.1 Å². The molecule has 1 unspecified atom stereocenters. The van der Waals surface area contributed by atoms with E-state index in [1.807, 2.05) is 0 Å². The van der Waals surface area contributed by atoms with Crippen LogP contribution in [0.2, 0.25) is 0 Å². The summed E-state index contributed by atoms with van der Waals surface area (Å²) in [5.74, 6) is -3.03. The van der Waals surface area contributed by atoms with Gasteiger partial charge in [-0.05, 0) is 12.5 Å². The fraction of sp³-hybridized carbons (Fsp3) is 0.529. The molecule has 0 radical (unpaired) electrons. The molecule has 1 heterocycles. The molecule has 0 spiro atoms. The summed E-state index contributed by atoms with van der Waals surface area (Å²) >= 11 is 0. The molecule has 1 aliphatic carbocycles. The number of benzene rings is 1. The number of halogens is 1. The summed E-state index contributed by atoms with van der Waals surface area (Å²) in [5, 5.41) is 13.5. The first kappa shape index (κ1) is 20.3. The van der Waals surface area contributed by atoms with Gasteiger partial charge in [-0.1, -0.05) is 18.2 Å². The minimum absolute atomic E-state index is 0. The van der Waals surface area contributed by atoms with E-state index in [-0.39, 0.29) is 53.9 Å². The number of rotatable bonds is 6. The van der Waals surface area contributed by atoms with Gasteiger partial charge in [0.1, 0.15) is 5.82 Å². The molecule has 3 rings (SSSR count). The number of morpholine rings is 1. The van der Waals surface area contributed by atoms with Gasteiger partial charge >= 0.3 is 29.6 Å². The standard InChI is InChI=1S/C17H21FN2O4.Na/c18-14-4-2-1-3-11(14)15(20-5-7-24-8-6-20)10-19-16(21)12-9-13(12)17(22)23;/h1-4,12-13,15H,5-10H2,(H,19,21)(H,22,23);/q;+1/p-1/t12-,13+,15?;/m0./s1. The number of carboxylic acid groups (broad SMARTS) is 1. The Hall–Kier alpha value is -0.990. The molecule has 1 aromatic rings. The molecule has 0 aromatic heterocycles. The van der Waals surface area contributed by atoms with E-state index in [1.165, 1.54) is 6.07 Å². The number of amides is 1. The van der Waals surface area contributed by atoms with Gasteiger partial charge in [0.05, 0.1) is 19.3 Å². The Balaban J connectivity index is 0.00000225. The second kappa shape index (κ2) is 9.09. The summed E-state index contributed by atoms with van der Waals surface area (Å²) in [7, 11) is 0. The minimum Gasteiger partial charge on any atom is -0.550 e. The van der Waals surface area contributed by atoms with Gasteiger partial charge in [0.25, 0.3) is 0 Å². The predicted octanol–water partition coefficient (Wildman–Crippen LogP) is -3.29. The van der Waals surface area contributed by atoms with Crippen molar-refractivity contribution in [3.63, 3.8) is 0 Å². The maximum absolute atomic E-state index is 14.2. The smallest absolute Gasteiger partial charge is 0.550 e. The maximum atomic E-state index is 14.2. The Morgan fingerprint density at radius 1 is 1.28 bits per heavy atom. The van der Waals surface area contributed by atoms with E-state index < -0.39 is 17.8 Å². The Labute approximate surface area is 168 Å². The number of carboxylic acids is 1. The van der Waals surface area contributed by atoms with Gasteiger partial charge in [0, 0.05) is 43.0 Å². The minimum atomic E-state index is -1.19. The quantitative estimate of drug-likeness (QED) is 0.539. The Morgan fingerprint density at radius 3 is 2.56 bits per heavy atom. The topological polar surface area (TPSA) is 81.7 Å². The number of aliphatic carboxylic acids is 1. The average molecular weight is 358 g/mol. The number of carbonyl (C=O) groups excluding carboxylic acids is 2. The number of hydrogen-bond acceptors (Lipinski definition) is 5. The third-order valence-corrected chi connectivity index (χ3v) is 4.65. The van der Waals surface area contributed by atoms with Crippen LogP contribution in [0.15, 0.2) is 24.3 Å². The van der Waals surface area contributed by atoms with Crippen molar-refractivity contribution in [3.05, 3.63) is 35.6 Å². The van der Waals surface area contributed by atoms with E-state index in [4.69, 9.17) is 4.74 Å². The number of carbonyl (C=O) groups is 2. The largest absolute Gasteiger partial charge is 1.00 e. The summed E-state index contributed by atoms with van der Waals surface area (Å²) in [4.78, 5) is 24.9. The van der Waals surface area contributed by atoms with Crippen molar-refractivity contribution in [1.82, 2.24) is 10.2 Å². The first-order valence-electron chi connectivity index (χ1n) is 8.12. The average Bonchev–Trinajstić information content (AvgIpc) is 3.38. The molecule has 1 saturated carbocycles. The van der Waals surface area contributed by atoms with Gasteiger partial charge in [-0.2, -0.15) is 0 Å². The molecule has 25 heavy (non-hydrogen) atoms. The first-order chi connectivity index (χ1) is 11.6. The zero-order valence-electron chi connectivity index (χ0n) is 14.2. The van der Waals surface area contributed by atoms with Crippen LogP contribution in [0.1, 0.15) is 18.0 Å². The van der Waals surface area contributed by atoms with Gasteiger partial charge in [0.2, 0.25) is 5.91 Å². The van der Waals surface area contributed by atoms with Crippen LogP contribution < -0.4 is 40.0 Å². The molecule has 1 aliphatic heterocycles. The normalized spacial score (nSPS) is 24.0. The van der Waals surface area contributed by atoms with Gasteiger partial charge < -0.3 is 20.0 Å². The van der Waals surface area contributed by atoms with Crippen molar-refractivity contribution in [2.24, 2.45) is 11.8 Å². The van der Waals surface area contributed by atoms with Crippen LogP contribution in [0.5, 0.6) is 0 Å². The Morgan fingerprint density at radius 2 is 1.96 bits per heavy atom. The van der Waals surface area contributed by atoms with Crippen LogP contribution >= 0.6 is 0 Å².